The molecule has 0 amide bonds. The quantitative estimate of drug-likeness (QED) is 0.753. The first kappa shape index (κ1) is 11.3. The third kappa shape index (κ3) is 3.41. The average Bonchev–Trinajstić information content (AvgIpc) is 2.41. The van der Waals surface area contributed by atoms with Gasteiger partial charge in [-0.15, -0.1) is 0 Å². The van der Waals surface area contributed by atoms with Gasteiger partial charge in [0, 0.05) is 18.8 Å². The number of nitrogens with zero attached hydrogens (tertiary/aromatic N) is 1. The van der Waals surface area contributed by atoms with Crippen LogP contribution in [0.25, 0.3) is 0 Å². The summed E-state index contributed by atoms with van der Waals surface area (Å²) in [5, 5.41) is 0. The minimum atomic E-state index is -0.278. The highest BCUT2D eigenvalue weighted by molar-refractivity contribution is 5.89. The molecule has 3 nitrogen and oxygen atoms in total. The highest BCUT2D eigenvalue weighted by Crippen LogP contribution is 2.03. The number of pyridine rings is 1. The summed E-state index contributed by atoms with van der Waals surface area (Å²) in [6, 6.07) is 12.8. The van der Waals surface area contributed by atoms with Crippen molar-refractivity contribution in [1.82, 2.24) is 4.98 Å². The molecule has 0 saturated heterocycles. The number of hydrogen-bond acceptors (Lipinski definition) is 3. The molecule has 0 spiro atoms. The minimum absolute atomic E-state index is 0.278. The summed E-state index contributed by atoms with van der Waals surface area (Å²) in [6.45, 7) is 0.387. The van der Waals surface area contributed by atoms with Gasteiger partial charge in [-0.3, -0.25) is 4.98 Å². The van der Waals surface area contributed by atoms with E-state index in [1.165, 1.54) is 0 Å². The van der Waals surface area contributed by atoms with Crippen LogP contribution in [-0.2, 0) is 11.2 Å². The van der Waals surface area contributed by atoms with Gasteiger partial charge in [-0.1, -0.05) is 18.2 Å². The largest absolute Gasteiger partial charge is 0.462 e. The van der Waals surface area contributed by atoms with E-state index in [1.54, 1.807) is 24.5 Å². The van der Waals surface area contributed by atoms with Gasteiger partial charge in [0.25, 0.3) is 0 Å². The lowest BCUT2D eigenvalue weighted by molar-refractivity contribution is 0.0509. The van der Waals surface area contributed by atoms with E-state index in [1.807, 2.05) is 30.3 Å². The molecule has 0 atom stereocenters. The Labute approximate surface area is 100 Å². The molecule has 2 aromatic rings. The van der Waals surface area contributed by atoms with E-state index in [2.05, 4.69) is 4.98 Å². The first-order valence-corrected chi connectivity index (χ1v) is 5.47. The zero-order valence-electron chi connectivity index (χ0n) is 9.37. The summed E-state index contributed by atoms with van der Waals surface area (Å²) in [7, 11) is 0. The van der Waals surface area contributed by atoms with Crippen molar-refractivity contribution in [3.63, 3.8) is 0 Å². The van der Waals surface area contributed by atoms with Crippen LogP contribution in [0.5, 0.6) is 0 Å². The van der Waals surface area contributed by atoms with Crippen molar-refractivity contribution in [3.05, 3.63) is 66.0 Å². The van der Waals surface area contributed by atoms with E-state index in [0.29, 0.717) is 18.6 Å². The number of esters is 1. The number of carbonyl (C=O) groups is 1. The molecule has 1 aromatic heterocycles. The van der Waals surface area contributed by atoms with Crippen LogP contribution < -0.4 is 0 Å². The fraction of sp³-hybridized carbons (Fsp3) is 0.143. The van der Waals surface area contributed by atoms with Gasteiger partial charge in [0.15, 0.2) is 0 Å². The molecule has 86 valence electrons. The topological polar surface area (TPSA) is 39.2 Å². The van der Waals surface area contributed by atoms with Crippen molar-refractivity contribution in [3.8, 4) is 0 Å². The first-order chi connectivity index (χ1) is 8.36. The monoisotopic (exact) mass is 227 g/mol. The fourth-order valence-electron chi connectivity index (χ4n) is 1.47. The van der Waals surface area contributed by atoms with Gasteiger partial charge in [-0.05, 0) is 29.8 Å². The smallest absolute Gasteiger partial charge is 0.338 e. The lowest BCUT2D eigenvalue weighted by atomic mass is 10.2. The Morgan fingerprint density at radius 2 is 1.76 bits per heavy atom. The van der Waals surface area contributed by atoms with E-state index < -0.39 is 0 Å². The van der Waals surface area contributed by atoms with Crippen LogP contribution in [0.15, 0.2) is 54.9 Å². The van der Waals surface area contributed by atoms with Crippen molar-refractivity contribution >= 4 is 5.97 Å². The Morgan fingerprint density at radius 1 is 1.06 bits per heavy atom. The van der Waals surface area contributed by atoms with Crippen LogP contribution in [0, 0.1) is 0 Å². The van der Waals surface area contributed by atoms with E-state index >= 15 is 0 Å². The van der Waals surface area contributed by atoms with Crippen molar-refractivity contribution in [2.45, 2.75) is 6.42 Å². The summed E-state index contributed by atoms with van der Waals surface area (Å²) >= 11 is 0. The zero-order chi connectivity index (χ0) is 11.9. The SMILES string of the molecule is O=C(OCCc1ccncc1)c1ccccc1. The third-order valence-electron chi connectivity index (χ3n) is 2.38. The number of aromatic nitrogens is 1. The second-order valence-electron chi connectivity index (χ2n) is 3.61. The summed E-state index contributed by atoms with van der Waals surface area (Å²) in [5.74, 6) is -0.278. The van der Waals surface area contributed by atoms with Crippen molar-refractivity contribution in [2.24, 2.45) is 0 Å². The van der Waals surface area contributed by atoms with E-state index in [9.17, 15) is 4.79 Å². The number of carbonyl (C=O) groups excluding carboxylic acids is 1. The Morgan fingerprint density at radius 3 is 2.47 bits per heavy atom. The van der Waals surface area contributed by atoms with Crippen LogP contribution in [0.3, 0.4) is 0 Å². The maximum Gasteiger partial charge on any atom is 0.338 e. The fourth-order valence-corrected chi connectivity index (χ4v) is 1.47. The van der Waals surface area contributed by atoms with Crippen molar-refractivity contribution < 1.29 is 9.53 Å². The maximum atomic E-state index is 11.6. The van der Waals surface area contributed by atoms with Gasteiger partial charge in [0.05, 0.1) is 12.2 Å². The van der Waals surface area contributed by atoms with Gasteiger partial charge < -0.3 is 4.74 Å². The lowest BCUT2D eigenvalue weighted by Crippen LogP contribution is -2.07. The number of rotatable bonds is 4. The molecule has 1 aromatic carbocycles. The number of hydrogen-bond donors (Lipinski definition) is 0. The number of ether oxygens (including phenoxy) is 1. The first-order valence-electron chi connectivity index (χ1n) is 5.47. The van der Waals surface area contributed by atoms with E-state index in [4.69, 9.17) is 4.74 Å². The van der Waals surface area contributed by atoms with Crippen molar-refractivity contribution in [2.75, 3.05) is 6.61 Å². The lowest BCUT2D eigenvalue weighted by Gasteiger charge is -2.04. The standard InChI is InChI=1S/C14H13NO2/c16-14(13-4-2-1-3-5-13)17-11-8-12-6-9-15-10-7-12/h1-7,9-10H,8,11H2. The van der Waals surface area contributed by atoms with Crippen LogP contribution >= 0.6 is 0 Å². The Hall–Kier alpha value is -2.16. The molecule has 0 N–H and O–H groups in total. The zero-order valence-corrected chi connectivity index (χ0v) is 9.37. The van der Waals surface area contributed by atoms with Gasteiger partial charge in [-0.2, -0.15) is 0 Å². The second kappa shape index (κ2) is 5.80. The van der Waals surface area contributed by atoms with E-state index in [0.717, 1.165) is 5.56 Å². The average molecular weight is 227 g/mol. The summed E-state index contributed by atoms with van der Waals surface area (Å²) < 4.78 is 5.17. The highest BCUT2D eigenvalue weighted by Gasteiger charge is 2.05. The normalized spacial score (nSPS) is 9.88. The van der Waals surface area contributed by atoms with Crippen molar-refractivity contribution in [1.29, 1.82) is 0 Å². The molecule has 0 bridgehead atoms. The molecule has 0 unspecified atom stereocenters. The molecule has 0 radical (unpaired) electrons. The molecule has 17 heavy (non-hydrogen) atoms. The molecular weight excluding hydrogens is 214 g/mol. The van der Waals surface area contributed by atoms with Gasteiger partial charge in [0.2, 0.25) is 0 Å². The Balaban J connectivity index is 1.82. The molecule has 1 heterocycles. The van der Waals surface area contributed by atoms with E-state index in [-0.39, 0.29) is 5.97 Å². The van der Waals surface area contributed by atoms with Gasteiger partial charge in [0.1, 0.15) is 0 Å². The molecule has 0 saturated carbocycles. The second-order valence-corrected chi connectivity index (χ2v) is 3.61. The molecule has 3 heteroatoms. The third-order valence-corrected chi connectivity index (χ3v) is 2.38. The Kier molecular flexibility index (Phi) is 3.86. The molecule has 0 fully saturated rings. The van der Waals surface area contributed by atoms with Gasteiger partial charge >= 0.3 is 5.97 Å². The molecule has 0 aliphatic carbocycles. The van der Waals surface area contributed by atoms with Crippen LogP contribution in [0.1, 0.15) is 15.9 Å². The summed E-state index contributed by atoms with van der Waals surface area (Å²) in [6.07, 6.45) is 4.17. The Bertz CT molecular complexity index is 468. The predicted molar refractivity (Wildman–Crippen MR) is 64.7 cm³/mol. The highest BCUT2D eigenvalue weighted by atomic mass is 16.5. The summed E-state index contributed by atoms with van der Waals surface area (Å²) in [4.78, 5) is 15.5. The van der Waals surface area contributed by atoms with Crippen LogP contribution in [0.2, 0.25) is 0 Å². The summed E-state index contributed by atoms with van der Waals surface area (Å²) in [5.41, 5.74) is 1.70. The molecule has 0 aliphatic heterocycles. The molecular formula is C14H13NO2. The predicted octanol–water partition coefficient (Wildman–Crippen LogP) is 2.48. The van der Waals surface area contributed by atoms with Crippen LogP contribution in [-0.4, -0.2) is 17.6 Å². The van der Waals surface area contributed by atoms with Gasteiger partial charge in [-0.25, -0.2) is 4.79 Å². The maximum absolute atomic E-state index is 11.6. The number of benzene rings is 1. The minimum Gasteiger partial charge on any atom is -0.462 e. The van der Waals surface area contributed by atoms with Crippen LogP contribution in [0.4, 0.5) is 0 Å². The molecule has 0 aliphatic rings. The molecule has 2 rings (SSSR count).